The van der Waals surface area contributed by atoms with Gasteiger partial charge in [-0.05, 0) is 38.0 Å². The summed E-state index contributed by atoms with van der Waals surface area (Å²) in [6, 6.07) is 1.79. The van der Waals surface area contributed by atoms with Crippen LogP contribution in [0.5, 0.6) is 0 Å². The Morgan fingerprint density at radius 2 is 2.20 bits per heavy atom. The molecule has 4 unspecified atom stereocenters. The summed E-state index contributed by atoms with van der Waals surface area (Å²) < 4.78 is 8.16. The van der Waals surface area contributed by atoms with E-state index < -0.39 is 0 Å². The van der Waals surface area contributed by atoms with Crippen LogP contribution in [-0.4, -0.2) is 34.3 Å². The topological polar surface area (TPSA) is 39.1 Å². The van der Waals surface area contributed by atoms with Crippen molar-refractivity contribution < 1.29 is 4.74 Å². The van der Waals surface area contributed by atoms with Gasteiger partial charge in [0.2, 0.25) is 0 Å². The summed E-state index contributed by atoms with van der Waals surface area (Å²) in [6.45, 7) is 5.43. The minimum atomic E-state index is 0.425. The Kier molecular flexibility index (Phi) is 4.41. The lowest BCUT2D eigenvalue weighted by molar-refractivity contribution is -0.0264. The zero-order valence-electron chi connectivity index (χ0n) is 12.7. The van der Waals surface area contributed by atoms with E-state index in [9.17, 15) is 0 Å². The Hall–Kier alpha value is -0.870. The number of nitrogens with zero attached hydrogens (tertiary/aromatic N) is 2. The molecule has 0 bridgehead atoms. The van der Waals surface area contributed by atoms with Crippen LogP contribution in [0.1, 0.15) is 52.0 Å². The molecule has 1 aliphatic heterocycles. The quantitative estimate of drug-likeness (QED) is 0.920. The lowest BCUT2D eigenvalue weighted by atomic mass is 9.94. The molecule has 1 saturated carbocycles. The summed E-state index contributed by atoms with van der Waals surface area (Å²) in [5.74, 6) is 0.618. The van der Waals surface area contributed by atoms with E-state index in [4.69, 9.17) is 4.74 Å². The van der Waals surface area contributed by atoms with Crippen LogP contribution < -0.4 is 5.32 Å². The Labute approximate surface area is 121 Å². The van der Waals surface area contributed by atoms with E-state index in [0.29, 0.717) is 30.1 Å². The molecule has 20 heavy (non-hydrogen) atoms. The van der Waals surface area contributed by atoms with Gasteiger partial charge in [0, 0.05) is 37.1 Å². The number of imidazole rings is 1. The summed E-state index contributed by atoms with van der Waals surface area (Å²) in [7, 11) is 0. The van der Waals surface area contributed by atoms with Crippen molar-refractivity contribution in [2.24, 2.45) is 5.92 Å². The fourth-order valence-corrected chi connectivity index (χ4v) is 3.70. The van der Waals surface area contributed by atoms with Crippen LogP contribution >= 0.6 is 0 Å². The highest BCUT2D eigenvalue weighted by Crippen LogP contribution is 2.31. The summed E-state index contributed by atoms with van der Waals surface area (Å²) >= 11 is 0. The predicted octanol–water partition coefficient (Wildman–Crippen LogP) is 2.77. The van der Waals surface area contributed by atoms with Gasteiger partial charge in [-0.25, -0.2) is 4.98 Å². The van der Waals surface area contributed by atoms with Gasteiger partial charge < -0.3 is 14.6 Å². The molecule has 2 aliphatic rings. The van der Waals surface area contributed by atoms with Gasteiger partial charge in [-0.15, -0.1) is 0 Å². The van der Waals surface area contributed by atoms with E-state index in [2.05, 4.69) is 34.9 Å². The number of ether oxygens (including phenoxy) is 1. The summed E-state index contributed by atoms with van der Waals surface area (Å²) in [4.78, 5) is 4.20. The molecule has 2 fully saturated rings. The van der Waals surface area contributed by atoms with Crippen molar-refractivity contribution in [2.45, 2.75) is 70.2 Å². The van der Waals surface area contributed by atoms with Crippen LogP contribution in [0.3, 0.4) is 0 Å². The van der Waals surface area contributed by atoms with Crippen molar-refractivity contribution in [3.05, 3.63) is 18.7 Å². The van der Waals surface area contributed by atoms with E-state index in [0.717, 1.165) is 19.4 Å². The highest BCUT2D eigenvalue weighted by Gasteiger charge is 2.32. The zero-order valence-corrected chi connectivity index (χ0v) is 12.7. The summed E-state index contributed by atoms with van der Waals surface area (Å²) in [5.41, 5.74) is 0. The largest absolute Gasteiger partial charge is 0.378 e. The van der Waals surface area contributed by atoms with E-state index in [-0.39, 0.29) is 0 Å². The van der Waals surface area contributed by atoms with Crippen molar-refractivity contribution >= 4 is 0 Å². The molecular formula is C16H27N3O. The lowest BCUT2D eigenvalue weighted by Gasteiger charge is -2.35. The van der Waals surface area contributed by atoms with Gasteiger partial charge in [0.15, 0.2) is 0 Å². The van der Waals surface area contributed by atoms with Crippen molar-refractivity contribution in [1.29, 1.82) is 0 Å². The Morgan fingerprint density at radius 1 is 1.30 bits per heavy atom. The highest BCUT2D eigenvalue weighted by molar-refractivity contribution is 4.94. The van der Waals surface area contributed by atoms with Gasteiger partial charge in [-0.3, -0.25) is 0 Å². The predicted molar refractivity (Wildman–Crippen MR) is 79.6 cm³/mol. The van der Waals surface area contributed by atoms with Crippen molar-refractivity contribution in [3.63, 3.8) is 0 Å². The molecule has 4 nitrogen and oxygen atoms in total. The van der Waals surface area contributed by atoms with Gasteiger partial charge in [0.1, 0.15) is 0 Å². The van der Waals surface area contributed by atoms with E-state index in [1.54, 1.807) is 0 Å². The first-order valence-corrected chi connectivity index (χ1v) is 8.09. The third-order valence-corrected chi connectivity index (χ3v) is 4.90. The number of nitrogens with one attached hydrogen (secondary N) is 1. The monoisotopic (exact) mass is 277 g/mol. The average molecular weight is 277 g/mol. The third-order valence-electron chi connectivity index (χ3n) is 4.90. The molecule has 1 N–H and O–H groups in total. The molecule has 4 heteroatoms. The normalized spacial score (nSPS) is 34.8. The minimum absolute atomic E-state index is 0.425. The molecule has 0 spiro atoms. The van der Waals surface area contributed by atoms with Crippen molar-refractivity contribution in [3.8, 4) is 0 Å². The SMILES string of the molecule is CC(C)C1CC(NC2CCCC2n2ccnc2)CCO1. The molecule has 0 amide bonds. The van der Waals surface area contributed by atoms with Gasteiger partial charge >= 0.3 is 0 Å². The van der Waals surface area contributed by atoms with E-state index in [1.165, 1.54) is 19.3 Å². The van der Waals surface area contributed by atoms with Crippen LogP contribution in [0.4, 0.5) is 0 Å². The van der Waals surface area contributed by atoms with E-state index >= 15 is 0 Å². The number of rotatable bonds is 4. The molecule has 1 aromatic heterocycles. The number of hydrogen-bond acceptors (Lipinski definition) is 3. The molecule has 4 atom stereocenters. The molecule has 3 rings (SSSR count). The highest BCUT2D eigenvalue weighted by atomic mass is 16.5. The molecule has 2 heterocycles. The minimum Gasteiger partial charge on any atom is -0.378 e. The van der Waals surface area contributed by atoms with Crippen molar-refractivity contribution in [2.75, 3.05) is 6.61 Å². The fraction of sp³-hybridized carbons (Fsp3) is 0.812. The number of hydrogen-bond donors (Lipinski definition) is 1. The maximum absolute atomic E-state index is 5.88. The maximum Gasteiger partial charge on any atom is 0.0949 e. The second-order valence-electron chi connectivity index (χ2n) is 6.66. The van der Waals surface area contributed by atoms with Gasteiger partial charge in [-0.2, -0.15) is 0 Å². The molecule has 0 radical (unpaired) electrons. The smallest absolute Gasteiger partial charge is 0.0949 e. The van der Waals surface area contributed by atoms with Crippen molar-refractivity contribution in [1.82, 2.24) is 14.9 Å². The van der Waals surface area contributed by atoms with Gasteiger partial charge in [0.05, 0.1) is 12.4 Å². The molecule has 112 valence electrons. The Morgan fingerprint density at radius 3 is 2.95 bits per heavy atom. The first-order chi connectivity index (χ1) is 9.74. The standard InChI is InChI=1S/C16H27N3O/c1-12(2)16-10-13(6-9-20-16)18-14-4-3-5-15(14)19-8-7-17-11-19/h7-8,11-16,18H,3-6,9-10H2,1-2H3. The molecule has 1 aromatic rings. The Bertz CT molecular complexity index is 404. The molecular weight excluding hydrogens is 250 g/mol. The summed E-state index contributed by atoms with van der Waals surface area (Å²) in [5, 5.41) is 3.91. The van der Waals surface area contributed by atoms with E-state index in [1.807, 2.05) is 12.5 Å². The third kappa shape index (κ3) is 3.07. The maximum atomic E-state index is 5.88. The van der Waals surface area contributed by atoms with Crippen LogP contribution in [0.2, 0.25) is 0 Å². The molecule has 1 saturated heterocycles. The summed E-state index contributed by atoms with van der Waals surface area (Å²) in [6.07, 6.45) is 12.6. The van der Waals surface area contributed by atoms with Crippen LogP contribution in [0.15, 0.2) is 18.7 Å². The molecule has 1 aliphatic carbocycles. The second-order valence-corrected chi connectivity index (χ2v) is 6.66. The second kappa shape index (κ2) is 6.27. The average Bonchev–Trinajstić information content (AvgIpc) is 3.09. The zero-order chi connectivity index (χ0) is 13.9. The lowest BCUT2D eigenvalue weighted by Crippen LogP contribution is -2.46. The van der Waals surface area contributed by atoms with Crippen LogP contribution in [-0.2, 0) is 4.74 Å². The molecule has 0 aromatic carbocycles. The van der Waals surface area contributed by atoms with Gasteiger partial charge in [-0.1, -0.05) is 13.8 Å². The number of aromatic nitrogens is 2. The first-order valence-electron chi connectivity index (χ1n) is 8.09. The van der Waals surface area contributed by atoms with Crippen LogP contribution in [0.25, 0.3) is 0 Å². The first kappa shape index (κ1) is 14.1. The van der Waals surface area contributed by atoms with Gasteiger partial charge in [0.25, 0.3) is 0 Å². The van der Waals surface area contributed by atoms with Crippen LogP contribution in [0, 0.1) is 5.92 Å². The Balaban J connectivity index is 1.59. The fourth-order valence-electron chi connectivity index (χ4n) is 3.70.